The van der Waals surface area contributed by atoms with Gasteiger partial charge in [0.15, 0.2) is 0 Å². The highest BCUT2D eigenvalue weighted by Crippen LogP contribution is 2.05. The molecule has 0 aromatic heterocycles. The van der Waals surface area contributed by atoms with Gasteiger partial charge in [-0.15, -0.1) is 0 Å². The zero-order valence-electron chi connectivity index (χ0n) is 6.59. The Kier molecular flexibility index (Phi) is 2.65. The Morgan fingerprint density at radius 3 is 2.43 bits per heavy atom. The van der Waals surface area contributed by atoms with Gasteiger partial charge in [-0.2, -0.15) is 0 Å². The largest absolute Gasteiger partial charge is 0.478 e. The quantitative estimate of drug-likeness (QED) is 0.308. The van der Waals surface area contributed by atoms with Crippen LogP contribution in [0.1, 0.15) is 6.42 Å². The Labute approximate surface area is 76.3 Å². The third-order valence-corrected chi connectivity index (χ3v) is 1.19. The molecule has 1 heterocycles. The lowest BCUT2D eigenvalue weighted by Gasteiger charge is -2.13. The van der Waals surface area contributed by atoms with E-state index in [2.05, 4.69) is 14.5 Å². The highest BCUT2D eigenvalue weighted by atomic mass is 17.2. The molecule has 0 aromatic carbocycles. The second kappa shape index (κ2) is 3.73. The van der Waals surface area contributed by atoms with Crippen molar-refractivity contribution in [3.63, 3.8) is 0 Å². The fraction of sp³-hybridized carbons (Fsp3) is 0.333. The predicted octanol–water partition coefficient (Wildman–Crippen LogP) is -1.61. The molecule has 0 spiro atoms. The van der Waals surface area contributed by atoms with Crippen molar-refractivity contribution < 1.29 is 38.8 Å². The van der Waals surface area contributed by atoms with E-state index in [1.807, 2.05) is 0 Å². The van der Waals surface area contributed by atoms with Gasteiger partial charge < -0.3 is 9.84 Å². The molecule has 0 amide bonds. The predicted molar refractivity (Wildman–Crippen MR) is 34.3 cm³/mol. The number of carbonyl (C=O) groups is 4. The van der Waals surface area contributed by atoms with Crippen LogP contribution < -0.4 is 0 Å². The van der Waals surface area contributed by atoms with Gasteiger partial charge in [0.25, 0.3) is 6.10 Å². The van der Waals surface area contributed by atoms with E-state index in [4.69, 9.17) is 5.11 Å². The van der Waals surface area contributed by atoms with E-state index < -0.39 is 36.4 Å². The molecule has 0 saturated carbocycles. The van der Waals surface area contributed by atoms with Crippen LogP contribution >= 0.6 is 0 Å². The average Bonchev–Trinajstić information content (AvgIpc) is 2.08. The van der Waals surface area contributed by atoms with E-state index in [0.29, 0.717) is 0 Å². The average molecular weight is 204 g/mol. The van der Waals surface area contributed by atoms with Crippen LogP contribution in [-0.4, -0.2) is 35.1 Å². The lowest BCUT2D eigenvalue weighted by molar-refractivity contribution is -0.269. The van der Waals surface area contributed by atoms with Crippen LogP contribution in [0.2, 0.25) is 0 Å². The van der Waals surface area contributed by atoms with Crippen molar-refractivity contribution in [2.75, 3.05) is 0 Å². The van der Waals surface area contributed by atoms with E-state index in [-0.39, 0.29) is 0 Å². The molecule has 0 radical (unpaired) electrons. The number of ether oxygens (including phenoxy) is 1. The Balaban J connectivity index is 2.78. The maximum atomic E-state index is 10.7. The molecule has 1 saturated heterocycles. The van der Waals surface area contributed by atoms with Gasteiger partial charge >= 0.3 is 23.9 Å². The van der Waals surface area contributed by atoms with Gasteiger partial charge in [0.05, 0.1) is 0 Å². The summed E-state index contributed by atoms with van der Waals surface area (Å²) in [6.07, 6.45) is -2.91. The van der Waals surface area contributed by atoms with Crippen molar-refractivity contribution in [3.8, 4) is 0 Å². The van der Waals surface area contributed by atoms with E-state index in [1.165, 1.54) is 0 Å². The topological polar surface area (TPSA) is 116 Å². The van der Waals surface area contributed by atoms with E-state index in [1.54, 1.807) is 0 Å². The third-order valence-electron chi connectivity index (χ3n) is 1.19. The normalized spacial score (nSPS) is 22.6. The van der Waals surface area contributed by atoms with Gasteiger partial charge in [-0.05, 0) is 0 Å². The second-order valence-corrected chi connectivity index (χ2v) is 2.24. The van der Waals surface area contributed by atoms with Crippen LogP contribution in [0, 0.1) is 0 Å². The number of cyclic esters (lactones) is 1. The Bertz CT molecular complexity index is 305. The maximum absolute atomic E-state index is 10.7. The molecule has 1 aliphatic rings. The fourth-order valence-corrected chi connectivity index (χ4v) is 0.651. The SMILES string of the molecule is O=C1CC(=O)OC(C(=O)O)C(=O)OO1. The van der Waals surface area contributed by atoms with Crippen LogP contribution in [0.3, 0.4) is 0 Å². The minimum absolute atomic E-state index is 0.808. The summed E-state index contributed by atoms with van der Waals surface area (Å²) in [6.45, 7) is 0. The first-order valence-corrected chi connectivity index (χ1v) is 3.34. The molecular weight excluding hydrogens is 200 g/mol. The molecule has 1 unspecified atom stereocenters. The number of rotatable bonds is 1. The molecule has 1 N–H and O–H groups in total. The van der Waals surface area contributed by atoms with Gasteiger partial charge in [-0.25, -0.2) is 24.2 Å². The summed E-state index contributed by atoms with van der Waals surface area (Å²) in [5.74, 6) is -5.48. The summed E-state index contributed by atoms with van der Waals surface area (Å²) in [4.78, 5) is 49.9. The number of carboxylic acid groups (broad SMARTS) is 1. The lowest BCUT2D eigenvalue weighted by Crippen LogP contribution is -2.39. The molecule has 1 atom stereocenters. The zero-order valence-corrected chi connectivity index (χ0v) is 6.59. The highest BCUT2D eigenvalue weighted by Gasteiger charge is 2.36. The summed E-state index contributed by atoms with van der Waals surface area (Å²) in [5.41, 5.74) is 0. The Hall–Kier alpha value is -2.12. The molecule has 1 fully saturated rings. The number of aliphatic carboxylic acids is 1. The minimum Gasteiger partial charge on any atom is -0.478 e. The lowest BCUT2D eigenvalue weighted by atomic mass is 10.3. The summed E-state index contributed by atoms with van der Waals surface area (Å²) < 4.78 is 4.12. The van der Waals surface area contributed by atoms with Crippen LogP contribution in [0.25, 0.3) is 0 Å². The van der Waals surface area contributed by atoms with Gasteiger partial charge in [0.1, 0.15) is 6.42 Å². The van der Waals surface area contributed by atoms with Crippen LogP contribution in [0.4, 0.5) is 0 Å². The minimum atomic E-state index is -2.10. The van der Waals surface area contributed by atoms with Gasteiger partial charge in [-0.3, -0.25) is 4.79 Å². The number of carbonyl (C=O) groups excluding carboxylic acids is 3. The summed E-state index contributed by atoms with van der Waals surface area (Å²) >= 11 is 0. The van der Waals surface area contributed by atoms with Gasteiger partial charge in [0.2, 0.25) is 0 Å². The van der Waals surface area contributed by atoms with E-state index >= 15 is 0 Å². The molecule has 8 nitrogen and oxygen atoms in total. The van der Waals surface area contributed by atoms with E-state index in [0.717, 1.165) is 0 Å². The molecule has 14 heavy (non-hydrogen) atoms. The van der Waals surface area contributed by atoms with Gasteiger partial charge in [0, 0.05) is 0 Å². The van der Waals surface area contributed by atoms with Crippen molar-refractivity contribution in [1.82, 2.24) is 0 Å². The molecular formula is C6H4O8. The second-order valence-electron chi connectivity index (χ2n) is 2.24. The third kappa shape index (κ3) is 2.19. The Morgan fingerprint density at radius 2 is 1.86 bits per heavy atom. The van der Waals surface area contributed by atoms with Crippen LogP contribution in [0.5, 0.6) is 0 Å². The first-order chi connectivity index (χ1) is 6.50. The van der Waals surface area contributed by atoms with Crippen LogP contribution in [-0.2, 0) is 33.7 Å². The molecule has 1 rings (SSSR count). The Morgan fingerprint density at radius 1 is 1.21 bits per heavy atom. The number of carboxylic acids is 1. The molecule has 8 heteroatoms. The smallest absolute Gasteiger partial charge is 0.407 e. The zero-order chi connectivity index (χ0) is 10.7. The molecule has 0 aromatic rings. The molecule has 0 aliphatic carbocycles. The van der Waals surface area contributed by atoms with Crippen molar-refractivity contribution >= 4 is 23.9 Å². The highest BCUT2D eigenvalue weighted by molar-refractivity contribution is 6.01. The van der Waals surface area contributed by atoms with Crippen LogP contribution in [0.15, 0.2) is 0 Å². The first-order valence-electron chi connectivity index (χ1n) is 3.34. The number of hydrogen-bond acceptors (Lipinski definition) is 7. The van der Waals surface area contributed by atoms with Crippen molar-refractivity contribution in [2.24, 2.45) is 0 Å². The molecule has 0 bridgehead atoms. The fourth-order valence-electron chi connectivity index (χ4n) is 0.651. The van der Waals surface area contributed by atoms with Crippen molar-refractivity contribution in [3.05, 3.63) is 0 Å². The van der Waals surface area contributed by atoms with Crippen molar-refractivity contribution in [1.29, 1.82) is 0 Å². The summed E-state index contributed by atoms with van der Waals surface area (Å²) in [6, 6.07) is 0. The number of hydrogen-bond donors (Lipinski definition) is 1. The van der Waals surface area contributed by atoms with E-state index in [9.17, 15) is 19.2 Å². The van der Waals surface area contributed by atoms with Crippen molar-refractivity contribution in [2.45, 2.75) is 12.5 Å². The number of esters is 1. The standard InChI is InChI=1S/C6H4O8/c7-2-1-3(8)13-14-6(11)4(12-2)5(9)10/h4H,1H2,(H,9,10). The molecule has 76 valence electrons. The van der Waals surface area contributed by atoms with Gasteiger partial charge in [-0.1, -0.05) is 0 Å². The summed E-state index contributed by atoms with van der Waals surface area (Å²) in [5, 5.41) is 8.39. The molecule has 1 aliphatic heterocycles. The first kappa shape index (κ1) is 9.96. The maximum Gasteiger partial charge on any atom is 0.407 e. The summed E-state index contributed by atoms with van der Waals surface area (Å²) in [7, 11) is 0. The monoisotopic (exact) mass is 204 g/mol.